The maximum absolute atomic E-state index is 5.91. The second kappa shape index (κ2) is 7.62. The van der Waals surface area contributed by atoms with E-state index in [0.717, 1.165) is 30.0 Å². The van der Waals surface area contributed by atoms with Gasteiger partial charge in [-0.05, 0) is 36.6 Å². The van der Waals surface area contributed by atoms with E-state index >= 15 is 0 Å². The standard InChI is InChI=1S/C21H25NO3/c1-5-13-22-19(16-9-7-6-8-10-16)15(2)17-11-12-18(24-4)21(20(17)22)25-14-23-3/h6-12H,5,13-14H2,1-4H3. The molecule has 1 aromatic heterocycles. The van der Waals surface area contributed by atoms with E-state index in [1.165, 1.54) is 22.2 Å². The number of benzene rings is 2. The smallest absolute Gasteiger partial charge is 0.189 e. The summed E-state index contributed by atoms with van der Waals surface area (Å²) >= 11 is 0. The highest BCUT2D eigenvalue weighted by Crippen LogP contribution is 2.42. The van der Waals surface area contributed by atoms with E-state index in [-0.39, 0.29) is 6.79 Å². The number of methoxy groups -OCH3 is 2. The van der Waals surface area contributed by atoms with E-state index in [2.05, 4.69) is 48.7 Å². The molecule has 0 N–H and O–H groups in total. The van der Waals surface area contributed by atoms with Crippen molar-refractivity contribution in [2.75, 3.05) is 21.0 Å². The first-order valence-electron chi connectivity index (χ1n) is 8.59. The summed E-state index contributed by atoms with van der Waals surface area (Å²) in [5.74, 6) is 1.46. The number of ether oxygens (including phenoxy) is 3. The van der Waals surface area contributed by atoms with Crippen molar-refractivity contribution in [1.29, 1.82) is 0 Å². The molecule has 4 heteroatoms. The second-order valence-corrected chi connectivity index (χ2v) is 6.04. The molecular weight excluding hydrogens is 314 g/mol. The summed E-state index contributed by atoms with van der Waals surface area (Å²) in [5, 5.41) is 1.18. The van der Waals surface area contributed by atoms with Crippen LogP contribution in [0, 0.1) is 6.92 Å². The molecule has 0 aliphatic rings. The normalized spacial score (nSPS) is 11.0. The predicted octanol–water partition coefficient (Wildman–Crippen LogP) is 5.02. The number of hydrogen-bond acceptors (Lipinski definition) is 3. The van der Waals surface area contributed by atoms with Crippen LogP contribution in [0.2, 0.25) is 0 Å². The van der Waals surface area contributed by atoms with Gasteiger partial charge in [-0.15, -0.1) is 0 Å². The van der Waals surface area contributed by atoms with Crippen molar-refractivity contribution in [3.63, 3.8) is 0 Å². The molecule has 0 atom stereocenters. The quantitative estimate of drug-likeness (QED) is 0.567. The van der Waals surface area contributed by atoms with E-state index in [4.69, 9.17) is 14.2 Å². The summed E-state index contributed by atoms with van der Waals surface area (Å²) < 4.78 is 18.9. The monoisotopic (exact) mass is 339 g/mol. The van der Waals surface area contributed by atoms with Gasteiger partial charge in [0.1, 0.15) is 0 Å². The van der Waals surface area contributed by atoms with Gasteiger partial charge in [-0.1, -0.05) is 37.3 Å². The molecule has 0 amide bonds. The molecule has 0 aliphatic heterocycles. The highest BCUT2D eigenvalue weighted by molar-refractivity contribution is 5.97. The van der Waals surface area contributed by atoms with E-state index in [1.807, 2.05) is 12.1 Å². The molecule has 1 heterocycles. The number of nitrogens with zero attached hydrogens (tertiary/aromatic N) is 1. The predicted molar refractivity (Wildman–Crippen MR) is 101 cm³/mol. The molecule has 0 saturated heterocycles. The molecule has 2 aromatic carbocycles. The third kappa shape index (κ3) is 3.10. The Morgan fingerprint density at radius 1 is 1.00 bits per heavy atom. The molecule has 3 rings (SSSR count). The molecule has 132 valence electrons. The third-order valence-corrected chi connectivity index (χ3v) is 4.43. The van der Waals surface area contributed by atoms with E-state index in [1.54, 1.807) is 14.2 Å². The lowest BCUT2D eigenvalue weighted by molar-refractivity contribution is 0.0500. The van der Waals surface area contributed by atoms with Gasteiger partial charge in [0.05, 0.1) is 18.3 Å². The third-order valence-electron chi connectivity index (χ3n) is 4.43. The van der Waals surface area contributed by atoms with Crippen LogP contribution in [-0.2, 0) is 11.3 Å². The van der Waals surface area contributed by atoms with E-state index in [0.29, 0.717) is 0 Å². The minimum absolute atomic E-state index is 0.187. The molecule has 0 saturated carbocycles. The fourth-order valence-electron chi connectivity index (χ4n) is 3.40. The lowest BCUT2D eigenvalue weighted by atomic mass is 10.1. The first kappa shape index (κ1) is 17.4. The summed E-state index contributed by atoms with van der Waals surface area (Å²) in [7, 11) is 3.29. The Bertz CT molecular complexity index is 853. The number of fused-ring (bicyclic) bond motifs is 1. The summed E-state index contributed by atoms with van der Waals surface area (Å²) in [6.07, 6.45) is 1.03. The average molecular weight is 339 g/mol. The van der Waals surface area contributed by atoms with Crippen molar-refractivity contribution in [1.82, 2.24) is 4.57 Å². The highest BCUT2D eigenvalue weighted by Gasteiger charge is 2.21. The Hall–Kier alpha value is -2.46. The van der Waals surface area contributed by atoms with Gasteiger partial charge in [-0.3, -0.25) is 0 Å². The molecule has 4 nitrogen and oxygen atoms in total. The summed E-state index contributed by atoms with van der Waals surface area (Å²) in [6, 6.07) is 14.6. The molecule has 0 unspecified atom stereocenters. The van der Waals surface area contributed by atoms with Crippen LogP contribution in [0.1, 0.15) is 18.9 Å². The van der Waals surface area contributed by atoms with Crippen molar-refractivity contribution >= 4 is 10.9 Å². The maximum atomic E-state index is 5.91. The zero-order valence-electron chi connectivity index (χ0n) is 15.3. The summed E-state index contributed by atoms with van der Waals surface area (Å²) in [4.78, 5) is 0. The Balaban J connectivity index is 2.34. The van der Waals surface area contributed by atoms with Gasteiger partial charge in [0.15, 0.2) is 18.3 Å². The van der Waals surface area contributed by atoms with Gasteiger partial charge >= 0.3 is 0 Å². The average Bonchev–Trinajstić information content (AvgIpc) is 2.93. The van der Waals surface area contributed by atoms with Crippen molar-refractivity contribution < 1.29 is 14.2 Å². The van der Waals surface area contributed by atoms with Gasteiger partial charge in [0.25, 0.3) is 0 Å². The Morgan fingerprint density at radius 2 is 1.76 bits per heavy atom. The lowest BCUT2D eigenvalue weighted by Crippen LogP contribution is -2.05. The number of rotatable bonds is 7. The Labute approximate surface area is 148 Å². The van der Waals surface area contributed by atoms with Gasteiger partial charge < -0.3 is 18.8 Å². The van der Waals surface area contributed by atoms with E-state index < -0.39 is 0 Å². The van der Waals surface area contributed by atoms with Crippen LogP contribution in [0.5, 0.6) is 11.5 Å². The van der Waals surface area contributed by atoms with Crippen LogP contribution in [-0.4, -0.2) is 25.6 Å². The molecule has 3 aromatic rings. The largest absolute Gasteiger partial charge is 0.493 e. The van der Waals surface area contributed by atoms with Gasteiger partial charge in [0.2, 0.25) is 0 Å². The molecule has 0 radical (unpaired) electrons. The first-order valence-corrected chi connectivity index (χ1v) is 8.59. The zero-order chi connectivity index (χ0) is 17.8. The van der Waals surface area contributed by atoms with Crippen molar-refractivity contribution in [2.45, 2.75) is 26.8 Å². The van der Waals surface area contributed by atoms with Crippen LogP contribution < -0.4 is 9.47 Å². The van der Waals surface area contributed by atoms with Gasteiger partial charge in [-0.25, -0.2) is 0 Å². The first-order chi connectivity index (χ1) is 12.2. The second-order valence-electron chi connectivity index (χ2n) is 6.04. The minimum Gasteiger partial charge on any atom is -0.493 e. The fraction of sp³-hybridized carbons (Fsp3) is 0.333. The number of aryl methyl sites for hydroxylation is 2. The van der Waals surface area contributed by atoms with Gasteiger partial charge in [0, 0.05) is 19.0 Å². The lowest BCUT2D eigenvalue weighted by Gasteiger charge is -2.15. The van der Waals surface area contributed by atoms with Crippen LogP contribution >= 0.6 is 0 Å². The maximum Gasteiger partial charge on any atom is 0.189 e. The SMILES string of the molecule is CCCn1c(-c2ccccc2)c(C)c2ccc(OC)c(OCOC)c21. The Kier molecular flexibility index (Phi) is 5.29. The minimum atomic E-state index is 0.187. The van der Waals surface area contributed by atoms with Crippen molar-refractivity contribution in [3.05, 3.63) is 48.0 Å². The number of aromatic nitrogens is 1. The zero-order valence-corrected chi connectivity index (χ0v) is 15.3. The van der Waals surface area contributed by atoms with Crippen LogP contribution in [0.25, 0.3) is 22.2 Å². The molecule has 0 aliphatic carbocycles. The van der Waals surface area contributed by atoms with Crippen molar-refractivity contribution in [3.8, 4) is 22.8 Å². The topological polar surface area (TPSA) is 32.6 Å². The molecule has 0 bridgehead atoms. The summed E-state index contributed by atoms with van der Waals surface area (Å²) in [5.41, 5.74) is 4.75. The number of hydrogen-bond donors (Lipinski definition) is 0. The van der Waals surface area contributed by atoms with Crippen LogP contribution in [0.15, 0.2) is 42.5 Å². The fourth-order valence-corrected chi connectivity index (χ4v) is 3.40. The highest BCUT2D eigenvalue weighted by atomic mass is 16.7. The van der Waals surface area contributed by atoms with Crippen molar-refractivity contribution in [2.24, 2.45) is 0 Å². The Morgan fingerprint density at radius 3 is 2.40 bits per heavy atom. The van der Waals surface area contributed by atoms with E-state index in [9.17, 15) is 0 Å². The molecule has 0 spiro atoms. The van der Waals surface area contributed by atoms with Gasteiger partial charge in [-0.2, -0.15) is 0 Å². The molecule has 0 fully saturated rings. The molecule has 25 heavy (non-hydrogen) atoms. The molecular formula is C21H25NO3. The van der Waals surface area contributed by atoms with Crippen LogP contribution in [0.4, 0.5) is 0 Å². The van der Waals surface area contributed by atoms with Crippen LogP contribution in [0.3, 0.4) is 0 Å². The summed E-state index contributed by atoms with van der Waals surface area (Å²) in [6.45, 7) is 5.45.